The molecule has 0 aromatic heterocycles. The van der Waals surface area contributed by atoms with Gasteiger partial charge in [0.05, 0.1) is 11.1 Å². The molecular weight excluding hydrogens is 314 g/mol. The summed E-state index contributed by atoms with van der Waals surface area (Å²) in [7, 11) is 0. The van der Waals surface area contributed by atoms with Crippen LogP contribution in [0.4, 0.5) is 0 Å². The number of nitrogens with zero attached hydrogens (tertiary/aromatic N) is 3. The van der Waals surface area contributed by atoms with Gasteiger partial charge in [0.25, 0.3) is 11.8 Å². The Morgan fingerprint density at radius 1 is 0.840 bits per heavy atom. The van der Waals surface area contributed by atoms with Gasteiger partial charge in [0, 0.05) is 25.7 Å². The van der Waals surface area contributed by atoms with E-state index in [1.54, 1.807) is 12.1 Å². The van der Waals surface area contributed by atoms with Crippen molar-refractivity contribution in [3.8, 4) is 0 Å². The predicted octanol–water partition coefficient (Wildman–Crippen LogP) is 2.23. The second-order valence-corrected chi connectivity index (χ2v) is 7.50. The van der Waals surface area contributed by atoms with Crippen molar-refractivity contribution in [1.82, 2.24) is 14.7 Å². The highest BCUT2D eigenvalue weighted by Crippen LogP contribution is 2.24. The molecule has 3 aliphatic heterocycles. The summed E-state index contributed by atoms with van der Waals surface area (Å²) in [6.45, 7) is 5.97. The fraction of sp³-hybridized carbons (Fsp3) is 0.600. The Morgan fingerprint density at radius 2 is 1.52 bits per heavy atom. The predicted molar refractivity (Wildman–Crippen MR) is 96.7 cm³/mol. The van der Waals surface area contributed by atoms with Crippen molar-refractivity contribution in [3.63, 3.8) is 0 Å². The summed E-state index contributed by atoms with van der Waals surface area (Å²) < 4.78 is 0. The Hall–Kier alpha value is -1.72. The summed E-state index contributed by atoms with van der Waals surface area (Å²) in [5.41, 5.74) is 1.11. The van der Waals surface area contributed by atoms with Gasteiger partial charge >= 0.3 is 0 Å². The molecule has 1 aromatic rings. The molecule has 0 unspecified atom stereocenters. The molecule has 0 aliphatic carbocycles. The van der Waals surface area contributed by atoms with Crippen molar-refractivity contribution in [3.05, 3.63) is 35.4 Å². The van der Waals surface area contributed by atoms with Gasteiger partial charge in [-0.05, 0) is 57.5 Å². The summed E-state index contributed by atoms with van der Waals surface area (Å²) in [6.07, 6.45) is 6.47. The lowest BCUT2D eigenvalue weighted by Crippen LogP contribution is -2.45. The topological polar surface area (TPSA) is 43.9 Å². The van der Waals surface area contributed by atoms with E-state index in [9.17, 15) is 9.59 Å². The number of imide groups is 1. The molecule has 5 nitrogen and oxygen atoms in total. The monoisotopic (exact) mass is 341 g/mol. The van der Waals surface area contributed by atoms with Crippen LogP contribution < -0.4 is 0 Å². The van der Waals surface area contributed by atoms with Gasteiger partial charge in [0.2, 0.25) is 0 Å². The van der Waals surface area contributed by atoms with Crippen LogP contribution in [0.15, 0.2) is 24.3 Å². The quantitative estimate of drug-likeness (QED) is 0.771. The summed E-state index contributed by atoms with van der Waals surface area (Å²) in [5.74, 6) is -0.264. The zero-order valence-corrected chi connectivity index (χ0v) is 14.8. The number of fused-ring (bicyclic) bond motifs is 1. The average Bonchev–Trinajstić information content (AvgIpc) is 3.18. The van der Waals surface area contributed by atoms with E-state index in [0.717, 1.165) is 19.6 Å². The Kier molecular flexibility index (Phi) is 4.86. The highest BCUT2D eigenvalue weighted by molar-refractivity contribution is 6.21. The maximum absolute atomic E-state index is 12.5. The molecule has 2 saturated heterocycles. The summed E-state index contributed by atoms with van der Waals surface area (Å²) in [4.78, 5) is 31.5. The number of likely N-dealkylation sites (tertiary alicyclic amines) is 2. The lowest BCUT2D eigenvalue weighted by atomic mass is 10.1. The van der Waals surface area contributed by atoms with E-state index < -0.39 is 0 Å². The fourth-order valence-electron chi connectivity index (χ4n) is 4.51. The third-order valence-corrected chi connectivity index (χ3v) is 5.91. The minimum absolute atomic E-state index is 0.132. The van der Waals surface area contributed by atoms with Crippen LogP contribution in [0.25, 0.3) is 0 Å². The van der Waals surface area contributed by atoms with E-state index in [1.165, 1.54) is 50.1 Å². The molecule has 0 saturated carbocycles. The molecule has 4 rings (SSSR count). The largest absolute Gasteiger partial charge is 0.302 e. The van der Waals surface area contributed by atoms with Crippen LogP contribution >= 0.6 is 0 Å². The number of piperidine rings is 1. The van der Waals surface area contributed by atoms with E-state index in [4.69, 9.17) is 0 Å². The first-order chi connectivity index (χ1) is 12.2. The van der Waals surface area contributed by atoms with Gasteiger partial charge in [0.15, 0.2) is 0 Å². The molecule has 3 heterocycles. The van der Waals surface area contributed by atoms with Gasteiger partial charge in [-0.2, -0.15) is 0 Å². The smallest absolute Gasteiger partial charge is 0.261 e. The number of hydrogen-bond donors (Lipinski definition) is 0. The summed E-state index contributed by atoms with van der Waals surface area (Å²) >= 11 is 0. The van der Waals surface area contributed by atoms with Gasteiger partial charge < -0.3 is 4.90 Å². The third kappa shape index (κ3) is 3.35. The average molecular weight is 341 g/mol. The number of carbonyl (C=O) groups is 2. The first-order valence-corrected chi connectivity index (χ1v) is 9.65. The van der Waals surface area contributed by atoms with Crippen LogP contribution in [0.3, 0.4) is 0 Å². The van der Waals surface area contributed by atoms with Crippen LogP contribution in [0.1, 0.15) is 52.8 Å². The van der Waals surface area contributed by atoms with E-state index >= 15 is 0 Å². The van der Waals surface area contributed by atoms with Crippen LogP contribution in [0, 0.1) is 0 Å². The second-order valence-electron chi connectivity index (χ2n) is 7.50. The van der Waals surface area contributed by atoms with Crippen LogP contribution in [-0.4, -0.2) is 71.8 Å². The van der Waals surface area contributed by atoms with Gasteiger partial charge in [-0.3, -0.25) is 19.4 Å². The van der Waals surface area contributed by atoms with E-state index in [0.29, 0.717) is 23.7 Å². The fourth-order valence-corrected chi connectivity index (χ4v) is 4.51. The van der Waals surface area contributed by atoms with Crippen LogP contribution in [-0.2, 0) is 0 Å². The SMILES string of the molecule is O=C1c2ccccc2C(=O)N1CCN1CCC[C@H]1CN1CCCCC1. The zero-order chi connectivity index (χ0) is 17.2. The van der Waals surface area contributed by atoms with Crippen molar-refractivity contribution < 1.29 is 9.59 Å². The summed E-state index contributed by atoms with van der Waals surface area (Å²) in [5, 5.41) is 0. The van der Waals surface area contributed by atoms with Gasteiger partial charge in [0.1, 0.15) is 0 Å². The Labute approximate surface area is 149 Å². The molecule has 2 amide bonds. The first kappa shape index (κ1) is 16.7. The maximum Gasteiger partial charge on any atom is 0.261 e. The highest BCUT2D eigenvalue weighted by atomic mass is 16.2. The zero-order valence-electron chi connectivity index (χ0n) is 14.8. The van der Waals surface area contributed by atoms with Gasteiger partial charge in [-0.1, -0.05) is 18.6 Å². The lowest BCUT2D eigenvalue weighted by Gasteiger charge is -2.33. The minimum Gasteiger partial charge on any atom is -0.302 e. The minimum atomic E-state index is -0.132. The number of carbonyl (C=O) groups excluding carboxylic acids is 2. The second kappa shape index (κ2) is 7.26. The van der Waals surface area contributed by atoms with Crippen molar-refractivity contribution in [1.29, 1.82) is 0 Å². The molecule has 0 bridgehead atoms. The molecule has 0 spiro atoms. The number of hydrogen-bond acceptors (Lipinski definition) is 4. The van der Waals surface area contributed by atoms with Crippen molar-refractivity contribution in [2.75, 3.05) is 39.3 Å². The van der Waals surface area contributed by atoms with Crippen molar-refractivity contribution >= 4 is 11.8 Å². The van der Waals surface area contributed by atoms with Crippen molar-refractivity contribution in [2.24, 2.45) is 0 Å². The normalized spacial score (nSPS) is 25.0. The van der Waals surface area contributed by atoms with Crippen LogP contribution in [0.2, 0.25) is 0 Å². The Bertz CT molecular complexity index is 619. The molecular formula is C20H27N3O2. The van der Waals surface area contributed by atoms with E-state index in [-0.39, 0.29) is 11.8 Å². The first-order valence-electron chi connectivity index (χ1n) is 9.65. The Balaban J connectivity index is 1.35. The molecule has 1 atom stereocenters. The third-order valence-electron chi connectivity index (χ3n) is 5.91. The molecule has 25 heavy (non-hydrogen) atoms. The standard InChI is InChI=1S/C20H27N3O2/c24-19-17-8-2-3-9-18(17)20(25)23(19)14-13-22-12-6-7-16(22)15-21-10-4-1-5-11-21/h2-3,8-9,16H,1,4-7,10-15H2/t16-/m0/s1. The number of benzene rings is 1. The van der Waals surface area contributed by atoms with E-state index in [1.807, 2.05) is 12.1 Å². The molecule has 0 radical (unpaired) electrons. The van der Waals surface area contributed by atoms with Crippen LogP contribution in [0.5, 0.6) is 0 Å². The Morgan fingerprint density at radius 3 is 2.20 bits per heavy atom. The molecule has 3 aliphatic rings. The van der Waals surface area contributed by atoms with Gasteiger partial charge in [-0.15, -0.1) is 0 Å². The number of amides is 2. The van der Waals surface area contributed by atoms with Crippen molar-refractivity contribution in [2.45, 2.75) is 38.1 Å². The number of rotatable bonds is 5. The molecule has 134 valence electrons. The van der Waals surface area contributed by atoms with Gasteiger partial charge in [-0.25, -0.2) is 0 Å². The molecule has 5 heteroatoms. The molecule has 0 N–H and O–H groups in total. The van der Waals surface area contributed by atoms with E-state index in [2.05, 4.69) is 9.80 Å². The molecule has 1 aromatic carbocycles. The highest BCUT2D eigenvalue weighted by Gasteiger charge is 2.36. The molecule has 2 fully saturated rings. The summed E-state index contributed by atoms with van der Waals surface area (Å²) in [6, 6.07) is 7.73. The maximum atomic E-state index is 12.5. The lowest BCUT2D eigenvalue weighted by molar-refractivity contribution is 0.0626.